The molecule has 2 saturated heterocycles. The van der Waals surface area contributed by atoms with Crippen LogP contribution in [0, 0.1) is 11.3 Å². The summed E-state index contributed by atoms with van der Waals surface area (Å²) in [5.74, 6) is -0.490. The van der Waals surface area contributed by atoms with Crippen molar-refractivity contribution in [3.63, 3.8) is 0 Å². The summed E-state index contributed by atoms with van der Waals surface area (Å²) in [6.45, 7) is 6.31. The quantitative estimate of drug-likeness (QED) is 0.204. The van der Waals surface area contributed by atoms with Gasteiger partial charge in [0.05, 0.1) is 44.1 Å². The molecule has 4 N–H and O–H groups in total. The fourth-order valence-corrected chi connectivity index (χ4v) is 6.43. The molecule has 0 spiro atoms. The monoisotopic (exact) mass is 688 g/mol. The molecule has 0 radical (unpaired) electrons. The zero-order valence-electron chi connectivity index (χ0n) is 29.0. The van der Waals surface area contributed by atoms with Gasteiger partial charge in [-0.15, -0.1) is 0 Å². The number of hydrogen-bond donors (Lipinski definition) is 4. The molecule has 0 saturated carbocycles. The van der Waals surface area contributed by atoms with Gasteiger partial charge in [-0.1, -0.05) is 81.4 Å². The van der Waals surface area contributed by atoms with E-state index in [1.807, 2.05) is 93.6 Å². The Balaban J connectivity index is 1.35. The van der Waals surface area contributed by atoms with Gasteiger partial charge in [-0.25, -0.2) is 9.59 Å². The first kappa shape index (κ1) is 36.8. The highest BCUT2D eigenvalue weighted by Gasteiger charge is 2.44. The highest BCUT2D eigenvalue weighted by Crippen LogP contribution is 2.33. The molecule has 3 aromatic rings. The summed E-state index contributed by atoms with van der Waals surface area (Å²) in [5, 5.41) is 20.5. The summed E-state index contributed by atoms with van der Waals surface area (Å²) in [7, 11) is 1.23. The number of rotatable bonds is 13. The minimum absolute atomic E-state index is 0.0167. The van der Waals surface area contributed by atoms with Gasteiger partial charge in [0.25, 0.3) is 0 Å². The molecule has 12 nitrogen and oxygen atoms in total. The Morgan fingerprint density at radius 3 is 2.30 bits per heavy atom. The van der Waals surface area contributed by atoms with E-state index in [2.05, 4.69) is 20.9 Å². The van der Waals surface area contributed by atoms with E-state index in [1.54, 1.807) is 6.20 Å². The molecule has 5 rings (SSSR count). The van der Waals surface area contributed by atoms with Gasteiger partial charge >= 0.3 is 12.2 Å². The van der Waals surface area contributed by atoms with Crippen molar-refractivity contribution >= 4 is 18.1 Å². The van der Waals surface area contributed by atoms with Crippen LogP contribution in [0.2, 0.25) is 0 Å². The van der Waals surface area contributed by atoms with Gasteiger partial charge < -0.3 is 40.0 Å². The molecule has 7 atom stereocenters. The van der Waals surface area contributed by atoms with Gasteiger partial charge in [0, 0.05) is 17.8 Å². The lowest BCUT2D eigenvalue weighted by molar-refractivity contribution is -0.127. The normalized spacial score (nSPS) is 20.9. The maximum Gasteiger partial charge on any atom is 0.407 e. The molecule has 268 valence electrons. The van der Waals surface area contributed by atoms with Crippen molar-refractivity contribution < 1.29 is 38.4 Å². The van der Waals surface area contributed by atoms with Crippen LogP contribution in [0.3, 0.4) is 0 Å². The Kier molecular flexibility index (Phi) is 12.4. The summed E-state index contributed by atoms with van der Waals surface area (Å²) < 4.78 is 21.8. The largest absolute Gasteiger partial charge is 0.453 e. The van der Waals surface area contributed by atoms with E-state index in [0.717, 1.165) is 28.8 Å². The number of aliphatic hydroxyl groups excluding tert-OH is 1. The number of aliphatic hydroxyl groups is 1. The molecule has 50 heavy (non-hydrogen) atoms. The van der Waals surface area contributed by atoms with Crippen molar-refractivity contribution in [1.29, 1.82) is 0 Å². The van der Waals surface area contributed by atoms with Crippen molar-refractivity contribution in [2.75, 3.05) is 20.3 Å². The Bertz CT molecular complexity index is 1550. The molecule has 12 heteroatoms. The number of carbonyl (C=O) groups is 3. The number of methoxy groups -OCH3 is 1. The first-order valence-corrected chi connectivity index (χ1v) is 17.1. The number of carbonyl (C=O) groups excluding carboxylic acids is 3. The Morgan fingerprint density at radius 2 is 1.62 bits per heavy atom. The predicted molar refractivity (Wildman–Crippen MR) is 186 cm³/mol. The van der Waals surface area contributed by atoms with Gasteiger partial charge in [0.15, 0.2) is 6.29 Å². The molecular formula is C38H48N4O8. The average molecular weight is 689 g/mol. The van der Waals surface area contributed by atoms with E-state index in [0.29, 0.717) is 13.0 Å². The van der Waals surface area contributed by atoms with Crippen molar-refractivity contribution in [2.45, 2.75) is 83.1 Å². The highest BCUT2D eigenvalue weighted by atomic mass is 16.7. The van der Waals surface area contributed by atoms with E-state index >= 15 is 0 Å². The van der Waals surface area contributed by atoms with Crippen molar-refractivity contribution in [3.05, 3.63) is 90.1 Å². The average Bonchev–Trinajstić information content (AvgIpc) is 3.72. The maximum atomic E-state index is 13.8. The Labute approximate surface area is 293 Å². The van der Waals surface area contributed by atoms with Crippen LogP contribution in [0.1, 0.15) is 44.7 Å². The summed E-state index contributed by atoms with van der Waals surface area (Å²) in [6, 6.07) is 20.8. The Morgan fingerprint density at radius 1 is 0.900 bits per heavy atom. The molecule has 1 aromatic heterocycles. The van der Waals surface area contributed by atoms with Crippen molar-refractivity contribution in [3.8, 4) is 11.3 Å². The number of ether oxygens (including phenoxy) is 4. The van der Waals surface area contributed by atoms with Gasteiger partial charge in [0.1, 0.15) is 12.1 Å². The summed E-state index contributed by atoms with van der Waals surface area (Å²) in [4.78, 5) is 43.7. The molecule has 3 heterocycles. The van der Waals surface area contributed by atoms with Gasteiger partial charge in [-0.05, 0) is 54.4 Å². The molecule has 0 aliphatic carbocycles. The van der Waals surface area contributed by atoms with Crippen molar-refractivity contribution in [2.24, 2.45) is 11.3 Å². The number of nitrogens with zero attached hydrogens (tertiary/aromatic N) is 1. The van der Waals surface area contributed by atoms with Crippen molar-refractivity contribution in [1.82, 2.24) is 20.9 Å². The molecule has 2 aliphatic rings. The number of fused-ring (bicyclic) bond motifs is 1. The molecule has 3 amide bonds. The SMILES string of the molecule is COC(=O)N[C@H](C(=O)N[C@@H](Cc1ccc(-c2ccccn2)cc1)[C@@H](O)C[C@H](Cc1ccccc1)NC(=O)O[C@H]1CO[C@H]2OCC[C@H]21)C(C)(C)C. The first-order valence-electron chi connectivity index (χ1n) is 17.1. The lowest BCUT2D eigenvalue weighted by Crippen LogP contribution is -2.58. The summed E-state index contributed by atoms with van der Waals surface area (Å²) in [6.07, 6.45) is 0.0237. The van der Waals surface area contributed by atoms with E-state index in [9.17, 15) is 19.5 Å². The minimum Gasteiger partial charge on any atom is -0.453 e. The van der Waals surface area contributed by atoms with Crippen LogP contribution in [0.4, 0.5) is 9.59 Å². The third-order valence-electron chi connectivity index (χ3n) is 9.15. The molecule has 2 fully saturated rings. The smallest absolute Gasteiger partial charge is 0.407 e. The lowest BCUT2D eigenvalue weighted by atomic mass is 9.85. The molecule has 0 bridgehead atoms. The van der Waals surface area contributed by atoms with Crippen LogP contribution in [-0.4, -0.2) is 85.1 Å². The third kappa shape index (κ3) is 10.0. The van der Waals surface area contributed by atoms with E-state index in [4.69, 9.17) is 18.9 Å². The van der Waals surface area contributed by atoms with Crippen LogP contribution < -0.4 is 16.0 Å². The van der Waals surface area contributed by atoms with Crippen LogP contribution in [0.25, 0.3) is 11.3 Å². The number of pyridine rings is 1. The fraction of sp³-hybridized carbons (Fsp3) is 0.474. The van der Waals surface area contributed by atoms with Crippen LogP contribution >= 0.6 is 0 Å². The Hall–Kier alpha value is -4.52. The zero-order chi connectivity index (χ0) is 35.7. The molecule has 2 aromatic carbocycles. The lowest BCUT2D eigenvalue weighted by Gasteiger charge is -2.33. The van der Waals surface area contributed by atoms with Gasteiger partial charge in [-0.2, -0.15) is 0 Å². The standard InChI is InChI=1S/C38H48N4O8/c1-38(2,3)33(42-36(45)47-4)34(44)41-30(21-25-13-15-26(16-14-25)29-12-8-9-18-39-29)31(43)22-27(20-24-10-6-5-7-11-24)40-37(46)50-32-23-49-35-28(32)17-19-48-35/h5-16,18,27-28,30-33,35,43H,17,19-23H2,1-4H3,(H,40,46)(H,41,44)(H,42,45)/t27-,28-,30-,31-,32-,33+,35+/m0/s1. The van der Waals surface area contributed by atoms with E-state index < -0.39 is 53.8 Å². The zero-order valence-corrected chi connectivity index (χ0v) is 29.0. The topological polar surface area (TPSA) is 157 Å². The van der Waals surface area contributed by atoms with Gasteiger partial charge in [-0.3, -0.25) is 9.78 Å². The molecular weight excluding hydrogens is 640 g/mol. The predicted octanol–water partition coefficient (Wildman–Crippen LogP) is 4.40. The maximum absolute atomic E-state index is 13.8. The second-order valence-electron chi connectivity index (χ2n) is 14.0. The highest BCUT2D eigenvalue weighted by molar-refractivity contribution is 5.86. The van der Waals surface area contributed by atoms with E-state index in [1.165, 1.54) is 7.11 Å². The van der Waals surface area contributed by atoms with Crippen LogP contribution in [0.5, 0.6) is 0 Å². The number of hydrogen-bond acceptors (Lipinski definition) is 9. The fourth-order valence-electron chi connectivity index (χ4n) is 6.43. The molecule has 0 unspecified atom stereocenters. The number of aromatic nitrogens is 1. The number of benzene rings is 2. The van der Waals surface area contributed by atoms with Crippen LogP contribution in [0.15, 0.2) is 79.0 Å². The number of amides is 3. The number of nitrogens with one attached hydrogen (secondary N) is 3. The number of alkyl carbamates (subject to hydrolysis) is 2. The second kappa shape index (κ2) is 16.9. The van der Waals surface area contributed by atoms with Gasteiger partial charge in [0.2, 0.25) is 5.91 Å². The van der Waals surface area contributed by atoms with Crippen LogP contribution in [-0.2, 0) is 36.6 Å². The summed E-state index contributed by atoms with van der Waals surface area (Å²) in [5.41, 5.74) is 2.90. The second-order valence-corrected chi connectivity index (χ2v) is 14.0. The first-order chi connectivity index (χ1) is 24.0. The minimum atomic E-state index is -1.11. The van der Waals surface area contributed by atoms with E-state index in [-0.39, 0.29) is 31.7 Å². The molecule has 2 aliphatic heterocycles. The third-order valence-corrected chi connectivity index (χ3v) is 9.15. The summed E-state index contributed by atoms with van der Waals surface area (Å²) >= 11 is 0.